The Morgan fingerprint density at radius 3 is 2.40 bits per heavy atom. The smallest absolute Gasteiger partial charge is 0.263 e. The van der Waals surface area contributed by atoms with Gasteiger partial charge in [0.2, 0.25) is 15.9 Å². The van der Waals surface area contributed by atoms with Gasteiger partial charge in [0.05, 0.1) is 23.7 Å². The van der Waals surface area contributed by atoms with Crippen LogP contribution in [0.25, 0.3) is 0 Å². The molecule has 1 heterocycles. The molecule has 0 bridgehead atoms. The van der Waals surface area contributed by atoms with Crippen molar-refractivity contribution in [3.63, 3.8) is 0 Å². The van der Waals surface area contributed by atoms with Crippen molar-refractivity contribution in [1.82, 2.24) is 9.62 Å². The second kappa shape index (κ2) is 10.6. The highest BCUT2D eigenvalue weighted by Crippen LogP contribution is 2.33. The van der Waals surface area contributed by atoms with Crippen molar-refractivity contribution < 1.29 is 22.7 Å². The van der Waals surface area contributed by atoms with Gasteiger partial charge in [-0.3, -0.25) is 9.59 Å². The van der Waals surface area contributed by atoms with Crippen molar-refractivity contribution in [3.05, 3.63) is 88.9 Å². The van der Waals surface area contributed by atoms with Crippen LogP contribution in [0.3, 0.4) is 0 Å². The number of hydrogen-bond acceptors (Lipinski definition) is 5. The summed E-state index contributed by atoms with van der Waals surface area (Å²) in [6.07, 6.45) is -0.939. The van der Waals surface area contributed by atoms with E-state index in [0.29, 0.717) is 18.0 Å². The Kier molecular flexibility index (Phi) is 7.54. The van der Waals surface area contributed by atoms with Gasteiger partial charge in [-0.1, -0.05) is 58.4 Å². The van der Waals surface area contributed by atoms with Crippen LogP contribution < -0.4 is 15.0 Å². The van der Waals surface area contributed by atoms with Gasteiger partial charge in [0.25, 0.3) is 5.91 Å². The summed E-state index contributed by atoms with van der Waals surface area (Å²) < 4.78 is 33.5. The first-order valence-corrected chi connectivity index (χ1v) is 13.1. The predicted molar refractivity (Wildman–Crippen MR) is 135 cm³/mol. The molecule has 0 aliphatic carbocycles. The Bertz CT molecular complexity index is 1320. The van der Waals surface area contributed by atoms with E-state index < -0.39 is 28.6 Å². The summed E-state index contributed by atoms with van der Waals surface area (Å²) in [7, 11) is -2.53. The Hall–Kier alpha value is -3.21. The van der Waals surface area contributed by atoms with E-state index in [9.17, 15) is 18.0 Å². The minimum absolute atomic E-state index is 0.0390. The summed E-state index contributed by atoms with van der Waals surface area (Å²) in [5, 5.41) is 2.84. The molecule has 3 aromatic rings. The van der Waals surface area contributed by atoms with Crippen molar-refractivity contribution >= 4 is 43.5 Å². The quantitative estimate of drug-likeness (QED) is 0.481. The highest BCUT2D eigenvalue weighted by molar-refractivity contribution is 9.10. The average molecular weight is 558 g/mol. The van der Waals surface area contributed by atoms with E-state index in [1.165, 1.54) is 24.1 Å². The van der Waals surface area contributed by atoms with Crippen molar-refractivity contribution in [1.29, 1.82) is 0 Å². The minimum atomic E-state index is -3.88. The molecule has 35 heavy (non-hydrogen) atoms. The standard InChI is InChI=1S/C25H24BrN3O5S/c1-28(35(32,33)20-13-11-19(26)12-14-20)17-24(30)29-16-23(34-22-10-6-5-9-21(22)29)25(31)27-15-18-7-3-2-4-8-18/h2-14,23H,15-17H2,1H3,(H,27,31)/t23-/m1/s1. The van der Waals surface area contributed by atoms with Crippen molar-refractivity contribution in [2.45, 2.75) is 17.5 Å². The van der Waals surface area contributed by atoms with E-state index in [-0.39, 0.29) is 17.3 Å². The van der Waals surface area contributed by atoms with Gasteiger partial charge in [-0.25, -0.2) is 8.42 Å². The van der Waals surface area contributed by atoms with Gasteiger partial charge in [0, 0.05) is 18.1 Å². The number of benzene rings is 3. The normalized spacial score (nSPS) is 15.3. The Morgan fingerprint density at radius 2 is 1.69 bits per heavy atom. The topological polar surface area (TPSA) is 96.0 Å². The first kappa shape index (κ1) is 24.9. The number of nitrogens with zero attached hydrogens (tertiary/aromatic N) is 2. The maximum absolute atomic E-state index is 13.3. The molecule has 10 heteroatoms. The van der Waals surface area contributed by atoms with Gasteiger partial charge in [0.15, 0.2) is 6.10 Å². The number of sulfonamides is 1. The van der Waals surface area contributed by atoms with Gasteiger partial charge >= 0.3 is 0 Å². The zero-order chi connectivity index (χ0) is 25.0. The Morgan fingerprint density at radius 1 is 1.03 bits per heavy atom. The van der Waals surface area contributed by atoms with E-state index in [1.54, 1.807) is 36.4 Å². The van der Waals surface area contributed by atoms with E-state index in [2.05, 4.69) is 21.2 Å². The van der Waals surface area contributed by atoms with Gasteiger partial charge in [-0.15, -0.1) is 0 Å². The van der Waals surface area contributed by atoms with E-state index in [0.717, 1.165) is 14.3 Å². The average Bonchev–Trinajstić information content (AvgIpc) is 2.87. The second-order valence-electron chi connectivity index (χ2n) is 8.00. The van der Waals surface area contributed by atoms with Crippen molar-refractivity contribution in [2.24, 2.45) is 0 Å². The first-order valence-electron chi connectivity index (χ1n) is 10.9. The predicted octanol–water partition coefficient (Wildman–Crippen LogP) is 3.18. The molecule has 8 nitrogen and oxygen atoms in total. The molecule has 0 fully saturated rings. The number of likely N-dealkylation sites (N-methyl/N-ethyl adjacent to an activating group) is 1. The van der Waals surface area contributed by atoms with Crippen LogP contribution in [-0.4, -0.2) is 50.8 Å². The highest BCUT2D eigenvalue weighted by atomic mass is 79.9. The van der Waals surface area contributed by atoms with Gasteiger partial charge in [-0.2, -0.15) is 4.31 Å². The molecule has 4 rings (SSSR count). The number of halogens is 1. The van der Waals surface area contributed by atoms with Gasteiger partial charge in [-0.05, 0) is 42.0 Å². The molecule has 0 saturated carbocycles. The SMILES string of the molecule is CN(CC(=O)N1C[C@H](C(=O)NCc2ccccc2)Oc2ccccc21)S(=O)(=O)c1ccc(Br)cc1. The molecule has 0 saturated heterocycles. The summed E-state index contributed by atoms with van der Waals surface area (Å²) in [5.41, 5.74) is 1.42. The zero-order valence-corrected chi connectivity index (χ0v) is 21.3. The molecular weight excluding hydrogens is 534 g/mol. The molecular formula is C25H24BrN3O5S. The molecule has 2 amide bonds. The van der Waals surface area contributed by atoms with Crippen LogP contribution >= 0.6 is 15.9 Å². The van der Waals surface area contributed by atoms with Crippen LogP contribution in [0.1, 0.15) is 5.56 Å². The van der Waals surface area contributed by atoms with Crippen LogP contribution in [0.5, 0.6) is 5.75 Å². The fourth-order valence-corrected chi connectivity index (χ4v) is 5.04. The summed E-state index contributed by atoms with van der Waals surface area (Å²) in [6, 6.07) is 22.5. The third-order valence-electron chi connectivity index (χ3n) is 5.56. The molecule has 1 aliphatic heterocycles. The summed E-state index contributed by atoms with van der Waals surface area (Å²) in [6.45, 7) is -0.114. The minimum Gasteiger partial charge on any atom is -0.477 e. The third kappa shape index (κ3) is 5.72. The number of amides is 2. The number of anilines is 1. The number of fused-ring (bicyclic) bond motifs is 1. The lowest BCUT2D eigenvalue weighted by atomic mass is 10.1. The number of para-hydroxylation sites is 2. The van der Waals surface area contributed by atoms with Crippen LogP contribution in [0, 0.1) is 0 Å². The molecule has 0 radical (unpaired) electrons. The van der Waals surface area contributed by atoms with Crippen LogP contribution in [0.15, 0.2) is 88.2 Å². The Balaban J connectivity index is 1.49. The molecule has 0 spiro atoms. The molecule has 1 atom stereocenters. The van der Waals surface area contributed by atoms with Crippen LogP contribution in [-0.2, 0) is 26.2 Å². The molecule has 1 N–H and O–H groups in total. The summed E-state index contributed by atoms with van der Waals surface area (Å²) in [5.74, 6) is -0.452. The maximum Gasteiger partial charge on any atom is 0.263 e. The Labute approximate surface area is 212 Å². The van der Waals surface area contributed by atoms with E-state index in [4.69, 9.17) is 4.74 Å². The number of nitrogens with one attached hydrogen (secondary N) is 1. The fraction of sp³-hybridized carbons (Fsp3) is 0.200. The van der Waals surface area contributed by atoms with Crippen molar-refractivity contribution in [3.8, 4) is 5.75 Å². The van der Waals surface area contributed by atoms with Crippen LogP contribution in [0.4, 0.5) is 5.69 Å². The largest absolute Gasteiger partial charge is 0.477 e. The molecule has 0 aromatic heterocycles. The lowest BCUT2D eigenvalue weighted by molar-refractivity contribution is -0.128. The van der Waals surface area contributed by atoms with Gasteiger partial charge in [0.1, 0.15) is 5.75 Å². The van der Waals surface area contributed by atoms with E-state index in [1.807, 2.05) is 30.3 Å². The lowest BCUT2D eigenvalue weighted by Gasteiger charge is -2.35. The second-order valence-corrected chi connectivity index (χ2v) is 11.0. The van der Waals surface area contributed by atoms with Crippen LogP contribution in [0.2, 0.25) is 0 Å². The number of hydrogen-bond donors (Lipinski definition) is 1. The molecule has 182 valence electrons. The molecule has 1 aliphatic rings. The fourth-order valence-electron chi connectivity index (χ4n) is 3.65. The third-order valence-corrected chi connectivity index (χ3v) is 7.90. The number of ether oxygens (including phenoxy) is 1. The first-order chi connectivity index (χ1) is 16.8. The van der Waals surface area contributed by atoms with Gasteiger partial charge < -0.3 is 15.0 Å². The highest BCUT2D eigenvalue weighted by Gasteiger charge is 2.35. The zero-order valence-electron chi connectivity index (χ0n) is 18.9. The number of carbonyl (C=O) groups excluding carboxylic acids is 2. The van der Waals surface area contributed by atoms with Crippen molar-refractivity contribution in [2.75, 3.05) is 25.0 Å². The number of carbonyl (C=O) groups is 2. The molecule has 3 aromatic carbocycles. The molecule has 0 unspecified atom stereocenters. The number of rotatable bonds is 7. The van der Waals surface area contributed by atoms with E-state index >= 15 is 0 Å². The maximum atomic E-state index is 13.3. The summed E-state index contributed by atoms with van der Waals surface area (Å²) >= 11 is 3.28. The monoisotopic (exact) mass is 557 g/mol. The lowest BCUT2D eigenvalue weighted by Crippen LogP contribution is -2.52. The summed E-state index contributed by atoms with van der Waals surface area (Å²) in [4.78, 5) is 27.6.